The van der Waals surface area contributed by atoms with E-state index in [-0.39, 0.29) is 17.6 Å². The third kappa shape index (κ3) is 5.36. The summed E-state index contributed by atoms with van der Waals surface area (Å²) in [6, 6.07) is 16.0. The molecule has 3 aromatic rings. The highest BCUT2D eigenvalue weighted by Crippen LogP contribution is 2.27. The smallest absolute Gasteiger partial charge is 0.300 e. The third-order valence-electron chi connectivity index (χ3n) is 5.14. The van der Waals surface area contributed by atoms with Gasteiger partial charge in [-0.05, 0) is 17.5 Å². The number of nitrogens with zero attached hydrogens (tertiary/aromatic N) is 2. The number of carboxylic acids is 1. The van der Waals surface area contributed by atoms with Crippen LogP contribution in [0.5, 0.6) is 0 Å². The van der Waals surface area contributed by atoms with Crippen LogP contribution in [0.4, 0.5) is 0 Å². The normalized spacial score (nSPS) is 14.7. The average molecular weight is 419 g/mol. The van der Waals surface area contributed by atoms with Gasteiger partial charge in [-0.1, -0.05) is 48.5 Å². The highest BCUT2D eigenvalue weighted by Gasteiger charge is 2.22. The van der Waals surface area contributed by atoms with E-state index < -0.39 is 5.97 Å². The van der Waals surface area contributed by atoms with Gasteiger partial charge in [-0.15, -0.1) is 0 Å². The number of hydrogen-bond donors (Lipinski definition) is 5. The van der Waals surface area contributed by atoms with Crippen molar-refractivity contribution in [3.05, 3.63) is 66.1 Å². The summed E-state index contributed by atoms with van der Waals surface area (Å²) in [7, 11) is 0. The fourth-order valence-corrected chi connectivity index (χ4v) is 3.51. The number of aryl methyl sites for hydroxylation is 1. The summed E-state index contributed by atoms with van der Waals surface area (Å²) in [5.41, 5.74) is 16.1. The van der Waals surface area contributed by atoms with Crippen molar-refractivity contribution in [1.29, 1.82) is 10.8 Å². The molecule has 0 saturated carbocycles. The summed E-state index contributed by atoms with van der Waals surface area (Å²) in [5, 5.41) is 22.6. The maximum absolute atomic E-state index is 9.00. The van der Waals surface area contributed by atoms with Crippen molar-refractivity contribution < 1.29 is 9.90 Å². The lowest BCUT2D eigenvalue weighted by Gasteiger charge is -2.22. The van der Waals surface area contributed by atoms with Crippen LogP contribution < -0.4 is 11.5 Å². The first-order valence-corrected chi connectivity index (χ1v) is 9.89. The molecule has 2 heterocycles. The Morgan fingerprint density at radius 1 is 1.03 bits per heavy atom. The van der Waals surface area contributed by atoms with Crippen LogP contribution in [-0.2, 0) is 17.8 Å². The molecule has 1 aliphatic rings. The number of fused-ring (bicyclic) bond motifs is 1. The molecule has 160 valence electrons. The van der Waals surface area contributed by atoms with Crippen molar-refractivity contribution in [2.24, 2.45) is 17.4 Å². The van der Waals surface area contributed by atoms with Crippen LogP contribution in [0.15, 0.2) is 54.7 Å². The Kier molecular flexibility index (Phi) is 6.49. The van der Waals surface area contributed by atoms with Crippen molar-refractivity contribution in [2.75, 3.05) is 0 Å². The molecule has 7 N–H and O–H groups in total. The maximum Gasteiger partial charge on any atom is 0.300 e. The first-order chi connectivity index (χ1) is 14.7. The summed E-state index contributed by atoms with van der Waals surface area (Å²) in [4.78, 5) is 13.8. The number of aliphatic carboxylic acids is 1. The maximum atomic E-state index is 9.00. The van der Waals surface area contributed by atoms with Crippen LogP contribution in [-0.4, -0.2) is 32.3 Å². The molecule has 4 rings (SSSR count). The summed E-state index contributed by atoms with van der Waals surface area (Å²) in [6.45, 7) is 1.82. The minimum atomic E-state index is -0.833. The number of amidine groups is 2. The lowest BCUT2D eigenvalue weighted by Crippen LogP contribution is -2.30. The topological polar surface area (TPSA) is 155 Å². The van der Waals surface area contributed by atoms with E-state index in [1.165, 1.54) is 0 Å². The van der Waals surface area contributed by atoms with E-state index in [4.69, 9.17) is 37.2 Å². The molecule has 31 heavy (non-hydrogen) atoms. The molecule has 1 aromatic heterocycles. The lowest BCUT2D eigenvalue weighted by molar-refractivity contribution is -0.134. The van der Waals surface area contributed by atoms with Gasteiger partial charge in [0.15, 0.2) is 0 Å². The zero-order chi connectivity index (χ0) is 22.5. The fourth-order valence-electron chi connectivity index (χ4n) is 3.51. The molecule has 0 saturated heterocycles. The second-order valence-electron chi connectivity index (χ2n) is 7.47. The molecule has 0 amide bonds. The van der Waals surface area contributed by atoms with Crippen molar-refractivity contribution in [3.63, 3.8) is 0 Å². The van der Waals surface area contributed by atoms with E-state index in [1.54, 1.807) is 0 Å². The van der Waals surface area contributed by atoms with Gasteiger partial charge in [0.2, 0.25) is 0 Å². The number of carboxylic acid groups (broad SMARTS) is 1. The number of carbonyl (C=O) groups is 1. The summed E-state index contributed by atoms with van der Waals surface area (Å²) < 4.78 is 2.12. The molecule has 1 unspecified atom stereocenters. The van der Waals surface area contributed by atoms with E-state index in [0.717, 1.165) is 60.1 Å². The average Bonchev–Trinajstić information content (AvgIpc) is 3.17. The minimum absolute atomic E-state index is 0.0765. The molecule has 8 heteroatoms. The predicted molar refractivity (Wildman–Crippen MR) is 121 cm³/mol. The van der Waals surface area contributed by atoms with Crippen LogP contribution >= 0.6 is 0 Å². The molecule has 0 spiro atoms. The highest BCUT2D eigenvalue weighted by molar-refractivity contribution is 5.95. The van der Waals surface area contributed by atoms with E-state index in [2.05, 4.69) is 35.0 Å². The molecule has 1 atom stereocenters. The number of hydrogen-bond acceptors (Lipinski definition) is 4. The van der Waals surface area contributed by atoms with Crippen LogP contribution in [0.3, 0.4) is 0 Å². The van der Waals surface area contributed by atoms with E-state index in [9.17, 15) is 0 Å². The second kappa shape index (κ2) is 9.25. The van der Waals surface area contributed by atoms with Crippen molar-refractivity contribution in [1.82, 2.24) is 9.55 Å². The first-order valence-electron chi connectivity index (χ1n) is 9.89. The van der Waals surface area contributed by atoms with Crippen molar-refractivity contribution >= 4 is 17.6 Å². The van der Waals surface area contributed by atoms with E-state index >= 15 is 0 Å². The number of benzene rings is 2. The number of nitrogen functional groups attached to an aromatic ring is 1. The number of rotatable bonds is 4. The number of imidazole rings is 1. The van der Waals surface area contributed by atoms with Gasteiger partial charge >= 0.3 is 0 Å². The molecular weight excluding hydrogens is 392 g/mol. The minimum Gasteiger partial charge on any atom is -0.481 e. The summed E-state index contributed by atoms with van der Waals surface area (Å²) >= 11 is 0. The monoisotopic (exact) mass is 418 g/mol. The first kappa shape index (κ1) is 21.8. The molecule has 0 radical (unpaired) electrons. The number of nitrogens with two attached hydrogens (primary N) is 2. The second-order valence-corrected chi connectivity index (χ2v) is 7.47. The summed E-state index contributed by atoms with van der Waals surface area (Å²) in [5.74, 6) is 0.676. The Morgan fingerprint density at radius 2 is 1.55 bits per heavy atom. The zero-order valence-electron chi connectivity index (χ0n) is 17.3. The molecule has 0 fully saturated rings. The van der Waals surface area contributed by atoms with Gasteiger partial charge in [-0.2, -0.15) is 0 Å². The zero-order valence-corrected chi connectivity index (χ0v) is 17.3. The molecule has 2 aromatic carbocycles. The van der Waals surface area contributed by atoms with Crippen LogP contribution in [0, 0.1) is 16.7 Å². The van der Waals surface area contributed by atoms with Gasteiger partial charge in [-0.25, -0.2) is 4.98 Å². The molecule has 0 bridgehead atoms. The van der Waals surface area contributed by atoms with Crippen LogP contribution in [0.25, 0.3) is 22.4 Å². The lowest BCUT2D eigenvalue weighted by atomic mass is 9.99. The quantitative estimate of drug-likeness (QED) is 0.325. The predicted octanol–water partition coefficient (Wildman–Crippen LogP) is 3.09. The Hall–Kier alpha value is -3.94. The van der Waals surface area contributed by atoms with Gasteiger partial charge in [0.05, 0.1) is 11.5 Å². The van der Waals surface area contributed by atoms with Gasteiger partial charge in [-0.3, -0.25) is 15.6 Å². The molecular formula is C23H26N6O2. The molecule has 8 nitrogen and oxygen atoms in total. The molecule has 1 aliphatic heterocycles. The number of aromatic nitrogens is 2. The summed E-state index contributed by atoms with van der Waals surface area (Å²) in [6.07, 6.45) is 3.80. The number of nitrogens with one attached hydrogen (secondary N) is 2. The third-order valence-corrected chi connectivity index (χ3v) is 5.14. The Bertz CT molecular complexity index is 1100. The standard InChI is InChI=1S/C21H22N6.C2H4O2/c22-20(23)16-7-3-14(4-8-16)13-1-5-15(6-2-13)18-12-27-11-17(21(24)25)9-10-19(27)26-18;1-2(3)4/h1-8,12,17H,9-11H2,(H3,22,23)(H3,24,25);1H3,(H,3,4). The Labute approximate surface area is 180 Å². The Balaban J connectivity index is 0.000000628. The van der Waals surface area contributed by atoms with E-state index in [0.29, 0.717) is 0 Å². The van der Waals surface area contributed by atoms with Crippen LogP contribution in [0.2, 0.25) is 0 Å². The van der Waals surface area contributed by atoms with Gasteiger partial charge in [0, 0.05) is 43.1 Å². The van der Waals surface area contributed by atoms with Crippen LogP contribution in [0.1, 0.15) is 24.7 Å². The molecule has 0 aliphatic carbocycles. The SMILES string of the molecule is CC(=O)O.N=C(N)c1ccc(-c2ccc(-c3cn4c(n3)CCC(C(=N)N)C4)cc2)cc1. The van der Waals surface area contributed by atoms with Crippen molar-refractivity contribution in [3.8, 4) is 22.4 Å². The Morgan fingerprint density at radius 3 is 2.06 bits per heavy atom. The van der Waals surface area contributed by atoms with E-state index in [1.807, 2.05) is 24.3 Å². The fraction of sp³-hybridized carbons (Fsp3) is 0.217. The van der Waals surface area contributed by atoms with Gasteiger partial charge in [0.1, 0.15) is 11.7 Å². The van der Waals surface area contributed by atoms with Gasteiger partial charge in [0.25, 0.3) is 5.97 Å². The largest absolute Gasteiger partial charge is 0.481 e. The highest BCUT2D eigenvalue weighted by atomic mass is 16.4. The van der Waals surface area contributed by atoms with Gasteiger partial charge < -0.3 is 21.1 Å². The van der Waals surface area contributed by atoms with Crippen molar-refractivity contribution in [2.45, 2.75) is 26.3 Å².